The normalized spacial score (nSPS) is 23.2. The standard InChI is InChI=1S/C13H18N4/c1-13(2)9-17(7-6-11(13)15)12-5-3-4-10(8-14)16-12/h3-5,11H,6-7,9,15H2,1-2H3. The van der Waals surface area contributed by atoms with Gasteiger partial charge in [-0.05, 0) is 24.0 Å². The van der Waals surface area contributed by atoms with Crippen LogP contribution in [-0.4, -0.2) is 24.1 Å². The van der Waals surface area contributed by atoms with Gasteiger partial charge in [0.25, 0.3) is 0 Å². The van der Waals surface area contributed by atoms with Crippen molar-refractivity contribution in [3.05, 3.63) is 23.9 Å². The molecule has 2 heterocycles. The first kappa shape index (κ1) is 11.9. The molecule has 0 radical (unpaired) electrons. The Morgan fingerprint density at radius 3 is 2.94 bits per heavy atom. The number of nitrogens with zero attached hydrogens (tertiary/aromatic N) is 3. The summed E-state index contributed by atoms with van der Waals surface area (Å²) >= 11 is 0. The summed E-state index contributed by atoms with van der Waals surface area (Å²) in [6.45, 7) is 6.15. The molecule has 0 bridgehead atoms. The number of hydrogen-bond acceptors (Lipinski definition) is 4. The van der Waals surface area contributed by atoms with E-state index in [2.05, 4.69) is 29.8 Å². The van der Waals surface area contributed by atoms with E-state index in [0.717, 1.165) is 25.3 Å². The van der Waals surface area contributed by atoms with E-state index in [9.17, 15) is 0 Å². The number of aromatic nitrogens is 1. The van der Waals surface area contributed by atoms with Crippen molar-refractivity contribution in [2.75, 3.05) is 18.0 Å². The highest BCUT2D eigenvalue weighted by molar-refractivity contribution is 5.42. The van der Waals surface area contributed by atoms with Gasteiger partial charge in [-0.25, -0.2) is 4.98 Å². The molecule has 90 valence electrons. The van der Waals surface area contributed by atoms with Crippen LogP contribution >= 0.6 is 0 Å². The molecule has 1 aromatic heterocycles. The fourth-order valence-electron chi connectivity index (χ4n) is 2.23. The molecule has 0 spiro atoms. The van der Waals surface area contributed by atoms with Gasteiger partial charge in [0.15, 0.2) is 0 Å². The molecule has 4 heteroatoms. The SMILES string of the molecule is CC1(C)CN(c2cccc(C#N)n2)CCC1N. The van der Waals surface area contributed by atoms with Gasteiger partial charge in [-0.2, -0.15) is 5.26 Å². The Hall–Kier alpha value is -1.60. The van der Waals surface area contributed by atoms with Crippen molar-refractivity contribution >= 4 is 5.82 Å². The number of pyridine rings is 1. The van der Waals surface area contributed by atoms with Crippen LogP contribution in [0.5, 0.6) is 0 Å². The highest BCUT2D eigenvalue weighted by Gasteiger charge is 2.33. The first-order valence-electron chi connectivity index (χ1n) is 5.90. The maximum atomic E-state index is 8.85. The van der Waals surface area contributed by atoms with Crippen molar-refractivity contribution in [2.45, 2.75) is 26.3 Å². The largest absolute Gasteiger partial charge is 0.356 e. The van der Waals surface area contributed by atoms with Crippen LogP contribution in [-0.2, 0) is 0 Å². The second kappa shape index (κ2) is 4.34. The van der Waals surface area contributed by atoms with Crippen molar-refractivity contribution in [1.29, 1.82) is 5.26 Å². The number of nitriles is 1. The Labute approximate surface area is 102 Å². The molecule has 4 nitrogen and oxygen atoms in total. The Bertz CT molecular complexity index is 447. The summed E-state index contributed by atoms with van der Waals surface area (Å²) in [7, 11) is 0. The van der Waals surface area contributed by atoms with Crippen molar-refractivity contribution in [1.82, 2.24) is 4.98 Å². The molecule has 2 rings (SSSR count). The predicted molar refractivity (Wildman–Crippen MR) is 67.5 cm³/mol. The minimum atomic E-state index is 0.0859. The molecule has 0 aliphatic carbocycles. The second-order valence-electron chi connectivity index (χ2n) is 5.30. The molecular weight excluding hydrogens is 212 g/mol. The highest BCUT2D eigenvalue weighted by atomic mass is 15.2. The Balaban J connectivity index is 2.21. The minimum absolute atomic E-state index is 0.0859. The number of anilines is 1. The van der Waals surface area contributed by atoms with Crippen LogP contribution in [0.3, 0.4) is 0 Å². The fourth-order valence-corrected chi connectivity index (χ4v) is 2.23. The predicted octanol–water partition coefficient (Wildman–Crippen LogP) is 1.52. The molecule has 1 atom stereocenters. The van der Waals surface area contributed by atoms with Crippen LogP contribution in [0, 0.1) is 16.7 Å². The smallest absolute Gasteiger partial charge is 0.142 e. The second-order valence-corrected chi connectivity index (χ2v) is 5.30. The fraction of sp³-hybridized carbons (Fsp3) is 0.538. The lowest BCUT2D eigenvalue weighted by Gasteiger charge is -2.43. The zero-order valence-electron chi connectivity index (χ0n) is 10.3. The molecule has 1 saturated heterocycles. The van der Waals surface area contributed by atoms with E-state index in [4.69, 9.17) is 11.0 Å². The lowest BCUT2D eigenvalue weighted by molar-refractivity contribution is 0.244. The van der Waals surface area contributed by atoms with E-state index in [1.54, 1.807) is 6.07 Å². The number of hydrogen-bond donors (Lipinski definition) is 1. The maximum Gasteiger partial charge on any atom is 0.142 e. The quantitative estimate of drug-likeness (QED) is 0.794. The molecule has 1 aliphatic heterocycles. The van der Waals surface area contributed by atoms with Crippen molar-refractivity contribution in [2.24, 2.45) is 11.1 Å². The summed E-state index contributed by atoms with van der Waals surface area (Å²) in [6.07, 6.45) is 0.964. The molecule has 1 aliphatic rings. The summed E-state index contributed by atoms with van der Waals surface area (Å²) in [5.41, 5.74) is 6.66. The lowest BCUT2D eigenvalue weighted by atomic mass is 9.80. The Kier molecular flexibility index (Phi) is 3.03. The summed E-state index contributed by atoms with van der Waals surface area (Å²) in [5, 5.41) is 8.85. The number of nitrogens with two attached hydrogens (primary N) is 1. The summed E-state index contributed by atoms with van der Waals surface area (Å²) in [4.78, 5) is 6.54. The Morgan fingerprint density at radius 1 is 1.53 bits per heavy atom. The average Bonchev–Trinajstić information content (AvgIpc) is 2.32. The van der Waals surface area contributed by atoms with Gasteiger partial charge < -0.3 is 10.6 Å². The first-order chi connectivity index (χ1) is 8.03. The molecule has 0 saturated carbocycles. The number of piperidine rings is 1. The zero-order chi connectivity index (χ0) is 12.5. The minimum Gasteiger partial charge on any atom is -0.356 e. The molecular formula is C13H18N4. The summed E-state index contributed by atoms with van der Waals surface area (Å²) in [5.74, 6) is 0.879. The van der Waals surface area contributed by atoms with Gasteiger partial charge in [0.2, 0.25) is 0 Å². The van der Waals surface area contributed by atoms with Crippen molar-refractivity contribution in [3.63, 3.8) is 0 Å². The van der Waals surface area contributed by atoms with E-state index >= 15 is 0 Å². The molecule has 1 aromatic rings. The average molecular weight is 230 g/mol. The van der Waals surface area contributed by atoms with Crippen molar-refractivity contribution in [3.8, 4) is 6.07 Å². The third kappa shape index (κ3) is 2.40. The van der Waals surface area contributed by atoms with E-state index in [-0.39, 0.29) is 11.5 Å². The zero-order valence-corrected chi connectivity index (χ0v) is 10.3. The highest BCUT2D eigenvalue weighted by Crippen LogP contribution is 2.30. The van der Waals surface area contributed by atoms with Gasteiger partial charge in [-0.1, -0.05) is 19.9 Å². The van der Waals surface area contributed by atoms with Crippen LogP contribution in [0.2, 0.25) is 0 Å². The van der Waals surface area contributed by atoms with Gasteiger partial charge in [0.1, 0.15) is 17.6 Å². The van der Waals surface area contributed by atoms with Crippen LogP contribution in [0.4, 0.5) is 5.82 Å². The van der Waals surface area contributed by atoms with Gasteiger partial charge in [0, 0.05) is 19.1 Å². The number of rotatable bonds is 1. The molecule has 1 unspecified atom stereocenters. The maximum absolute atomic E-state index is 8.85. The molecule has 17 heavy (non-hydrogen) atoms. The van der Waals surface area contributed by atoms with E-state index in [0.29, 0.717) is 5.69 Å². The van der Waals surface area contributed by atoms with Crippen LogP contribution < -0.4 is 10.6 Å². The molecule has 1 fully saturated rings. The van der Waals surface area contributed by atoms with Crippen LogP contribution in [0.1, 0.15) is 26.0 Å². The molecule has 2 N–H and O–H groups in total. The van der Waals surface area contributed by atoms with E-state index < -0.39 is 0 Å². The van der Waals surface area contributed by atoms with Gasteiger partial charge in [-0.3, -0.25) is 0 Å². The van der Waals surface area contributed by atoms with E-state index in [1.165, 1.54) is 0 Å². The van der Waals surface area contributed by atoms with Gasteiger partial charge in [-0.15, -0.1) is 0 Å². The van der Waals surface area contributed by atoms with Gasteiger partial charge in [0.05, 0.1) is 0 Å². The third-order valence-electron chi connectivity index (χ3n) is 3.49. The van der Waals surface area contributed by atoms with Crippen molar-refractivity contribution < 1.29 is 0 Å². The Morgan fingerprint density at radius 2 is 2.29 bits per heavy atom. The van der Waals surface area contributed by atoms with Crippen LogP contribution in [0.25, 0.3) is 0 Å². The summed E-state index contributed by atoms with van der Waals surface area (Å²) in [6, 6.07) is 7.86. The van der Waals surface area contributed by atoms with E-state index in [1.807, 2.05) is 12.1 Å². The topological polar surface area (TPSA) is 65.9 Å². The summed E-state index contributed by atoms with van der Waals surface area (Å²) < 4.78 is 0. The molecule has 0 amide bonds. The third-order valence-corrected chi connectivity index (χ3v) is 3.49. The first-order valence-corrected chi connectivity index (χ1v) is 5.90. The lowest BCUT2D eigenvalue weighted by Crippen LogP contribution is -2.52. The molecule has 0 aromatic carbocycles. The van der Waals surface area contributed by atoms with Crippen LogP contribution in [0.15, 0.2) is 18.2 Å². The van der Waals surface area contributed by atoms with Gasteiger partial charge >= 0.3 is 0 Å². The monoisotopic (exact) mass is 230 g/mol.